The van der Waals surface area contributed by atoms with Crippen molar-refractivity contribution in [3.63, 3.8) is 0 Å². The van der Waals surface area contributed by atoms with Crippen LogP contribution in [-0.4, -0.2) is 39.1 Å². The highest BCUT2D eigenvalue weighted by Crippen LogP contribution is 2.30. The molecular weight excluding hydrogens is 348 g/mol. The molecule has 0 saturated carbocycles. The predicted molar refractivity (Wildman–Crippen MR) is 99.9 cm³/mol. The lowest BCUT2D eigenvalue weighted by molar-refractivity contribution is -0.137. The van der Waals surface area contributed by atoms with Crippen molar-refractivity contribution in [1.29, 1.82) is 0 Å². The molecule has 1 unspecified atom stereocenters. The van der Waals surface area contributed by atoms with E-state index in [1.165, 1.54) is 0 Å². The number of piperidine rings is 1. The maximum Gasteiger partial charge on any atom is 0.261 e. The molecule has 1 fully saturated rings. The quantitative estimate of drug-likeness (QED) is 0.746. The number of rotatable bonds is 5. The van der Waals surface area contributed by atoms with Crippen molar-refractivity contribution in [2.24, 2.45) is 0 Å². The fourth-order valence-electron chi connectivity index (χ4n) is 3.20. The lowest BCUT2D eigenvalue weighted by atomic mass is 10.0. The van der Waals surface area contributed by atoms with Crippen LogP contribution in [0.2, 0.25) is 0 Å². The van der Waals surface area contributed by atoms with Crippen LogP contribution in [0.25, 0.3) is 10.7 Å². The van der Waals surface area contributed by atoms with Crippen molar-refractivity contribution >= 4 is 17.2 Å². The summed E-state index contributed by atoms with van der Waals surface area (Å²) in [6.45, 7) is 0.753. The van der Waals surface area contributed by atoms with Crippen LogP contribution >= 0.6 is 11.3 Å². The minimum atomic E-state index is -0.0724. The minimum absolute atomic E-state index is 0.0207. The Morgan fingerprint density at radius 3 is 2.92 bits per heavy atom. The highest BCUT2D eigenvalue weighted by Gasteiger charge is 2.30. The number of hydrogen-bond donors (Lipinski definition) is 1. The number of H-pyrrole nitrogens is 1. The van der Waals surface area contributed by atoms with Crippen molar-refractivity contribution in [3.8, 4) is 16.5 Å². The SMILES string of the molecule is O=C(COc1ccccc1)N1CCCCC1c1nc(-c2cccs2)n[nH]1. The zero-order chi connectivity index (χ0) is 17.8. The summed E-state index contributed by atoms with van der Waals surface area (Å²) in [5.41, 5.74) is 0. The van der Waals surface area contributed by atoms with Gasteiger partial charge in [0.25, 0.3) is 5.91 Å². The normalized spacial score (nSPS) is 17.2. The average Bonchev–Trinajstić information content (AvgIpc) is 3.38. The van der Waals surface area contributed by atoms with Crippen molar-refractivity contribution < 1.29 is 9.53 Å². The van der Waals surface area contributed by atoms with E-state index < -0.39 is 0 Å². The van der Waals surface area contributed by atoms with Crippen molar-refractivity contribution in [2.45, 2.75) is 25.3 Å². The topological polar surface area (TPSA) is 71.1 Å². The third-order valence-corrected chi connectivity index (χ3v) is 5.35. The molecule has 2 aromatic heterocycles. The van der Waals surface area contributed by atoms with E-state index in [2.05, 4.69) is 15.2 Å². The van der Waals surface area contributed by atoms with Crippen LogP contribution in [-0.2, 0) is 4.79 Å². The maximum atomic E-state index is 12.7. The van der Waals surface area contributed by atoms with Gasteiger partial charge in [0.2, 0.25) is 0 Å². The first-order valence-electron chi connectivity index (χ1n) is 8.75. The third-order valence-electron chi connectivity index (χ3n) is 4.49. The van der Waals surface area contributed by atoms with E-state index in [-0.39, 0.29) is 18.6 Å². The smallest absolute Gasteiger partial charge is 0.261 e. The lowest BCUT2D eigenvalue weighted by Crippen LogP contribution is -2.41. The molecule has 1 atom stereocenters. The van der Waals surface area contributed by atoms with Crippen LogP contribution in [0.5, 0.6) is 5.75 Å². The number of aromatic amines is 1. The summed E-state index contributed by atoms with van der Waals surface area (Å²) in [7, 11) is 0. The van der Waals surface area contributed by atoms with Gasteiger partial charge in [0, 0.05) is 6.54 Å². The molecule has 26 heavy (non-hydrogen) atoms. The van der Waals surface area contributed by atoms with E-state index in [0.29, 0.717) is 11.6 Å². The second kappa shape index (κ2) is 7.70. The molecule has 1 saturated heterocycles. The standard InChI is InChI=1S/C19H20N4O2S/c24-17(13-25-14-7-2-1-3-8-14)23-11-5-4-9-15(23)18-20-19(22-21-18)16-10-6-12-26-16/h1-3,6-8,10,12,15H,4-5,9,11,13H2,(H,20,21,22). The predicted octanol–water partition coefficient (Wildman–Crippen LogP) is 3.67. The number of para-hydroxylation sites is 1. The van der Waals surface area contributed by atoms with E-state index in [9.17, 15) is 4.79 Å². The highest BCUT2D eigenvalue weighted by atomic mass is 32.1. The number of thiophene rings is 1. The molecule has 3 aromatic rings. The molecular formula is C19H20N4O2S. The second-order valence-electron chi connectivity index (χ2n) is 6.22. The molecule has 1 aromatic carbocycles. The zero-order valence-electron chi connectivity index (χ0n) is 14.3. The lowest BCUT2D eigenvalue weighted by Gasteiger charge is -2.34. The number of likely N-dealkylation sites (tertiary alicyclic amines) is 1. The second-order valence-corrected chi connectivity index (χ2v) is 7.17. The summed E-state index contributed by atoms with van der Waals surface area (Å²) in [4.78, 5) is 20.3. The van der Waals surface area contributed by atoms with Crippen molar-refractivity contribution in [3.05, 3.63) is 53.7 Å². The van der Waals surface area contributed by atoms with Crippen molar-refractivity contribution in [1.82, 2.24) is 20.1 Å². The summed E-state index contributed by atoms with van der Waals surface area (Å²) < 4.78 is 5.63. The number of nitrogens with zero attached hydrogens (tertiary/aromatic N) is 3. The number of hydrogen-bond acceptors (Lipinski definition) is 5. The average molecular weight is 368 g/mol. The molecule has 6 nitrogen and oxygen atoms in total. The highest BCUT2D eigenvalue weighted by molar-refractivity contribution is 7.13. The van der Waals surface area contributed by atoms with Crippen LogP contribution in [0, 0.1) is 0 Å². The summed E-state index contributed by atoms with van der Waals surface area (Å²) in [6, 6.07) is 13.3. The molecule has 1 aliphatic heterocycles. The van der Waals surface area contributed by atoms with Gasteiger partial charge in [-0.3, -0.25) is 9.89 Å². The largest absolute Gasteiger partial charge is 0.484 e. The van der Waals surface area contributed by atoms with Crippen LogP contribution in [0.3, 0.4) is 0 Å². The Morgan fingerprint density at radius 2 is 2.12 bits per heavy atom. The molecule has 7 heteroatoms. The molecule has 0 aliphatic carbocycles. The van der Waals surface area contributed by atoms with E-state index >= 15 is 0 Å². The summed E-state index contributed by atoms with van der Waals surface area (Å²) >= 11 is 1.60. The van der Waals surface area contributed by atoms with E-state index in [1.54, 1.807) is 11.3 Å². The van der Waals surface area contributed by atoms with Gasteiger partial charge in [-0.15, -0.1) is 11.3 Å². The maximum absolute atomic E-state index is 12.7. The first-order valence-corrected chi connectivity index (χ1v) is 9.63. The van der Waals surface area contributed by atoms with Crippen LogP contribution < -0.4 is 4.74 Å². The van der Waals surface area contributed by atoms with Gasteiger partial charge in [-0.25, -0.2) is 4.98 Å². The summed E-state index contributed by atoms with van der Waals surface area (Å²) in [6.07, 6.45) is 2.96. The molecule has 3 heterocycles. The zero-order valence-corrected chi connectivity index (χ0v) is 15.1. The Morgan fingerprint density at radius 1 is 1.23 bits per heavy atom. The van der Waals surface area contributed by atoms with Gasteiger partial charge in [-0.2, -0.15) is 5.10 Å². The summed E-state index contributed by atoms with van der Waals surface area (Å²) in [5.74, 6) is 2.12. The Balaban J connectivity index is 1.47. The van der Waals surface area contributed by atoms with E-state index in [0.717, 1.165) is 36.5 Å². The number of benzene rings is 1. The minimum Gasteiger partial charge on any atom is -0.484 e. The summed E-state index contributed by atoms with van der Waals surface area (Å²) in [5, 5.41) is 9.36. The molecule has 0 bridgehead atoms. The Hall–Kier alpha value is -2.67. The molecule has 4 rings (SSSR count). The number of carbonyl (C=O) groups excluding carboxylic acids is 1. The molecule has 1 aliphatic rings. The molecule has 1 N–H and O–H groups in total. The van der Waals surface area contributed by atoms with Crippen LogP contribution in [0.15, 0.2) is 47.8 Å². The Labute approximate surface area is 155 Å². The van der Waals surface area contributed by atoms with Gasteiger partial charge in [0.1, 0.15) is 11.6 Å². The molecule has 0 spiro atoms. The van der Waals surface area contributed by atoms with Crippen molar-refractivity contribution in [2.75, 3.05) is 13.2 Å². The number of carbonyl (C=O) groups is 1. The van der Waals surface area contributed by atoms with Gasteiger partial charge in [-0.05, 0) is 42.8 Å². The number of nitrogens with one attached hydrogen (secondary N) is 1. The molecule has 0 radical (unpaired) electrons. The Kier molecular flexibility index (Phi) is 4.97. The van der Waals surface area contributed by atoms with E-state index in [4.69, 9.17) is 4.74 Å². The van der Waals surface area contributed by atoms with Gasteiger partial charge >= 0.3 is 0 Å². The molecule has 1 amide bonds. The van der Waals surface area contributed by atoms with Crippen LogP contribution in [0.1, 0.15) is 31.1 Å². The fraction of sp³-hybridized carbons (Fsp3) is 0.316. The number of amides is 1. The fourth-order valence-corrected chi connectivity index (χ4v) is 3.86. The Bertz CT molecular complexity index is 848. The number of aromatic nitrogens is 3. The third kappa shape index (κ3) is 3.62. The van der Waals surface area contributed by atoms with Gasteiger partial charge < -0.3 is 9.64 Å². The van der Waals surface area contributed by atoms with Crippen LogP contribution in [0.4, 0.5) is 0 Å². The first kappa shape index (κ1) is 16.8. The monoisotopic (exact) mass is 368 g/mol. The van der Waals surface area contributed by atoms with Gasteiger partial charge in [0.05, 0.1) is 10.9 Å². The van der Waals surface area contributed by atoms with Gasteiger partial charge in [0.15, 0.2) is 12.4 Å². The van der Waals surface area contributed by atoms with Gasteiger partial charge in [-0.1, -0.05) is 24.3 Å². The molecule has 134 valence electrons. The van der Waals surface area contributed by atoms with E-state index in [1.807, 2.05) is 52.7 Å². The number of ether oxygens (including phenoxy) is 1. The first-order chi connectivity index (χ1) is 12.8.